The summed E-state index contributed by atoms with van der Waals surface area (Å²) < 4.78 is 5.10. The van der Waals surface area contributed by atoms with Gasteiger partial charge in [0.05, 0.1) is 11.7 Å². The first kappa shape index (κ1) is 17.0. The minimum atomic E-state index is -0.183. The van der Waals surface area contributed by atoms with Crippen molar-refractivity contribution in [3.8, 4) is 0 Å². The first-order valence-electron chi connectivity index (χ1n) is 7.95. The Morgan fingerprint density at radius 3 is 2.50 bits per heavy atom. The zero-order valence-corrected chi connectivity index (χ0v) is 14.3. The van der Waals surface area contributed by atoms with E-state index in [1.54, 1.807) is 0 Å². The van der Waals surface area contributed by atoms with Crippen molar-refractivity contribution < 1.29 is 9.32 Å². The molecule has 0 aliphatic carbocycles. The molecule has 1 saturated heterocycles. The van der Waals surface area contributed by atoms with E-state index in [1.807, 2.05) is 40.7 Å². The number of piperazine rings is 1. The molecule has 1 aromatic heterocycles. The topological polar surface area (TPSA) is 61.6 Å². The summed E-state index contributed by atoms with van der Waals surface area (Å²) in [6.45, 7) is 14.4. The Morgan fingerprint density at radius 2 is 2.00 bits per heavy atom. The molecule has 2 heterocycles. The van der Waals surface area contributed by atoms with Gasteiger partial charge in [0.15, 0.2) is 0 Å². The summed E-state index contributed by atoms with van der Waals surface area (Å²) in [7, 11) is 0. The molecule has 124 valence electrons. The van der Waals surface area contributed by atoms with Crippen LogP contribution in [0.2, 0.25) is 0 Å². The van der Waals surface area contributed by atoms with Gasteiger partial charge in [-0.3, -0.25) is 14.6 Å². The minimum absolute atomic E-state index is 0.0873. The van der Waals surface area contributed by atoms with Crippen LogP contribution in [0, 0.1) is 6.92 Å². The highest BCUT2D eigenvalue weighted by Crippen LogP contribution is 2.12. The summed E-state index contributed by atoms with van der Waals surface area (Å²) in [5.41, 5.74) is 0.794. The molecule has 0 bridgehead atoms. The highest BCUT2D eigenvalue weighted by molar-refractivity contribution is 5.81. The van der Waals surface area contributed by atoms with Crippen LogP contribution in [0.5, 0.6) is 0 Å². The van der Waals surface area contributed by atoms with Crippen LogP contribution in [0.1, 0.15) is 39.1 Å². The van der Waals surface area contributed by atoms with Crippen molar-refractivity contribution in [1.82, 2.24) is 20.3 Å². The Labute approximate surface area is 132 Å². The molecule has 2 rings (SSSR count). The standard InChI is InChI=1S/C16H28N4O2/c1-12-10-14(18-22-12)11-19-6-8-20(9-7-19)13(2)15(21)17-16(3,4)5/h10,13H,6-9,11H2,1-5H3,(H,17,21). The summed E-state index contributed by atoms with van der Waals surface area (Å²) in [4.78, 5) is 16.8. The van der Waals surface area contributed by atoms with Crippen molar-refractivity contribution in [2.45, 2.75) is 52.7 Å². The van der Waals surface area contributed by atoms with Crippen molar-refractivity contribution in [2.75, 3.05) is 26.2 Å². The first-order valence-corrected chi connectivity index (χ1v) is 7.95. The van der Waals surface area contributed by atoms with E-state index in [0.29, 0.717) is 0 Å². The van der Waals surface area contributed by atoms with Gasteiger partial charge in [-0.05, 0) is 34.6 Å². The molecule has 1 aliphatic rings. The quantitative estimate of drug-likeness (QED) is 0.911. The van der Waals surface area contributed by atoms with Crippen LogP contribution in [0.25, 0.3) is 0 Å². The van der Waals surface area contributed by atoms with E-state index >= 15 is 0 Å². The number of carbonyl (C=O) groups is 1. The maximum atomic E-state index is 12.2. The van der Waals surface area contributed by atoms with Gasteiger partial charge in [-0.2, -0.15) is 0 Å². The molecule has 22 heavy (non-hydrogen) atoms. The number of carbonyl (C=O) groups excluding carboxylic acids is 1. The van der Waals surface area contributed by atoms with Crippen LogP contribution in [-0.2, 0) is 11.3 Å². The van der Waals surface area contributed by atoms with Crippen molar-refractivity contribution >= 4 is 5.91 Å². The van der Waals surface area contributed by atoms with Crippen molar-refractivity contribution in [1.29, 1.82) is 0 Å². The summed E-state index contributed by atoms with van der Waals surface area (Å²) in [6.07, 6.45) is 0. The summed E-state index contributed by atoms with van der Waals surface area (Å²) >= 11 is 0. The zero-order chi connectivity index (χ0) is 16.3. The molecule has 1 fully saturated rings. The Balaban J connectivity index is 1.80. The molecular weight excluding hydrogens is 280 g/mol. The van der Waals surface area contributed by atoms with E-state index in [2.05, 4.69) is 20.3 Å². The monoisotopic (exact) mass is 308 g/mol. The van der Waals surface area contributed by atoms with Gasteiger partial charge in [-0.15, -0.1) is 0 Å². The van der Waals surface area contributed by atoms with Crippen LogP contribution in [-0.4, -0.2) is 58.6 Å². The molecule has 1 aliphatic heterocycles. The first-order chi connectivity index (χ1) is 10.2. The van der Waals surface area contributed by atoms with Gasteiger partial charge in [0, 0.05) is 44.3 Å². The van der Waals surface area contributed by atoms with Gasteiger partial charge in [0.25, 0.3) is 0 Å². The van der Waals surface area contributed by atoms with Crippen LogP contribution < -0.4 is 5.32 Å². The van der Waals surface area contributed by atoms with E-state index in [0.717, 1.165) is 44.2 Å². The summed E-state index contributed by atoms with van der Waals surface area (Å²) in [5.74, 6) is 0.953. The second-order valence-corrected chi connectivity index (χ2v) is 7.16. The molecular formula is C16H28N4O2. The maximum absolute atomic E-state index is 12.2. The van der Waals surface area contributed by atoms with Gasteiger partial charge in [-0.25, -0.2) is 0 Å². The fraction of sp³-hybridized carbons (Fsp3) is 0.750. The predicted molar refractivity (Wildman–Crippen MR) is 85.4 cm³/mol. The van der Waals surface area contributed by atoms with Crippen LogP contribution >= 0.6 is 0 Å². The smallest absolute Gasteiger partial charge is 0.237 e. The second kappa shape index (κ2) is 6.79. The largest absolute Gasteiger partial charge is 0.361 e. The molecule has 0 spiro atoms. The van der Waals surface area contributed by atoms with Crippen LogP contribution in [0.3, 0.4) is 0 Å². The van der Waals surface area contributed by atoms with Gasteiger partial charge >= 0.3 is 0 Å². The molecule has 1 amide bonds. The van der Waals surface area contributed by atoms with Gasteiger partial charge in [0.2, 0.25) is 5.91 Å². The SMILES string of the molecule is Cc1cc(CN2CCN(C(C)C(=O)NC(C)(C)C)CC2)no1. The number of nitrogens with one attached hydrogen (secondary N) is 1. The Bertz CT molecular complexity index is 498. The molecule has 0 saturated carbocycles. The molecule has 1 atom stereocenters. The zero-order valence-electron chi connectivity index (χ0n) is 14.3. The maximum Gasteiger partial charge on any atom is 0.237 e. The lowest BCUT2D eigenvalue weighted by Gasteiger charge is -2.38. The Morgan fingerprint density at radius 1 is 1.36 bits per heavy atom. The van der Waals surface area contributed by atoms with Gasteiger partial charge in [-0.1, -0.05) is 5.16 Å². The molecule has 0 aromatic carbocycles. The molecule has 0 radical (unpaired) electrons. The lowest BCUT2D eigenvalue weighted by molar-refractivity contribution is -0.128. The van der Waals surface area contributed by atoms with E-state index in [-0.39, 0.29) is 17.5 Å². The van der Waals surface area contributed by atoms with E-state index < -0.39 is 0 Å². The third-order valence-corrected chi connectivity index (χ3v) is 3.89. The average Bonchev–Trinajstić information content (AvgIpc) is 2.82. The van der Waals surface area contributed by atoms with Crippen LogP contribution in [0.15, 0.2) is 10.6 Å². The highest BCUT2D eigenvalue weighted by Gasteiger charge is 2.27. The predicted octanol–water partition coefficient (Wildman–Crippen LogP) is 1.40. The van der Waals surface area contributed by atoms with Crippen molar-refractivity contribution in [3.63, 3.8) is 0 Å². The Hall–Kier alpha value is -1.40. The van der Waals surface area contributed by atoms with Gasteiger partial charge < -0.3 is 9.84 Å². The number of nitrogens with zero attached hydrogens (tertiary/aromatic N) is 3. The third kappa shape index (κ3) is 4.81. The van der Waals surface area contributed by atoms with Crippen LogP contribution in [0.4, 0.5) is 0 Å². The van der Waals surface area contributed by atoms with Gasteiger partial charge in [0.1, 0.15) is 5.76 Å². The number of amides is 1. The normalized spacial score (nSPS) is 19.1. The number of hydrogen-bond acceptors (Lipinski definition) is 5. The Kier molecular flexibility index (Phi) is 5.24. The fourth-order valence-corrected chi connectivity index (χ4v) is 2.67. The summed E-state index contributed by atoms with van der Waals surface area (Å²) in [5, 5.41) is 7.09. The lowest BCUT2D eigenvalue weighted by atomic mass is 10.1. The third-order valence-electron chi connectivity index (χ3n) is 3.89. The molecule has 1 N–H and O–H groups in total. The van der Waals surface area contributed by atoms with Crippen molar-refractivity contribution in [3.05, 3.63) is 17.5 Å². The van der Waals surface area contributed by atoms with E-state index in [9.17, 15) is 4.79 Å². The number of hydrogen-bond donors (Lipinski definition) is 1. The van der Waals surface area contributed by atoms with E-state index in [4.69, 9.17) is 4.52 Å². The molecule has 1 aromatic rings. The molecule has 6 nitrogen and oxygen atoms in total. The number of aromatic nitrogens is 1. The lowest BCUT2D eigenvalue weighted by Crippen LogP contribution is -2.56. The fourth-order valence-electron chi connectivity index (χ4n) is 2.67. The second-order valence-electron chi connectivity index (χ2n) is 7.16. The highest BCUT2D eigenvalue weighted by atomic mass is 16.5. The number of aryl methyl sites for hydroxylation is 1. The average molecular weight is 308 g/mol. The number of rotatable bonds is 4. The molecule has 1 unspecified atom stereocenters. The minimum Gasteiger partial charge on any atom is -0.361 e. The molecule has 6 heteroatoms. The van der Waals surface area contributed by atoms with Crippen molar-refractivity contribution in [2.24, 2.45) is 0 Å². The summed E-state index contributed by atoms with van der Waals surface area (Å²) in [6, 6.07) is 1.89. The van der Waals surface area contributed by atoms with E-state index in [1.165, 1.54) is 0 Å².